The number of rotatable bonds is 3. The molecule has 0 spiro atoms. The van der Waals surface area contributed by atoms with Gasteiger partial charge in [-0.1, -0.05) is 24.7 Å². The Balaban J connectivity index is 2.42. The third-order valence-electron chi connectivity index (χ3n) is 2.18. The molecule has 2 N–H and O–H groups in total. The molecule has 1 atom stereocenters. The predicted molar refractivity (Wildman–Crippen MR) is 55.5 cm³/mol. The maximum absolute atomic E-state index is 12.5. The van der Waals surface area contributed by atoms with E-state index in [1.54, 1.807) is 0 Å². The number of hydrogen-bond acceptors (Lipinski definition) is 5. The van der Waals surface area contributed by atoms with Crippen molar-refractivity contribution in [2.45, 2.75) is 32.0 Å². The molecule has 9 heteroatoms. The van der Waals surface area contributed by atoms with Crippen molar-refractivity contribution in [3.05, 3.63) is 10.8 Å². The lowest BCUT2D eigenvalue weighted by molar-refractivity contribution is -0.146. The van der Waals surface area contributed by atoms with Gasteiger partial charge in [0.25, 0.3) is 5.82 Å². The number of halogens is 3. The smallest absolute Gasteiger partial charge is 0.322 e. The van der Waals surface area contributed by atoms with Crippen LogP contribution < -0.4 is 5.73 Å². The van der Waals surface area contributed by atoms with Gasteiger partial charge in [-0.2, -0.15) is 22.8 Å². The van der Waals surface area contributed by atoms with E-state index in [1.165, 1.54) is 0 Å². The first-order valence-electron chi connectivity index (χ1n) is 4.98. The summed E-state index contributed by atoms with van der Waals surface area (Å²) in [7, 11) is 0. The lowest BCUT2D eigenvalue weighted by atomic mass is 10.2. The summed E-state index contributed by atoms with van der Waals surface area (Å²) in [6.45, 7) is 1.95. The van der Waals surface area contributed by atoms with Crippen LogP contribution in [0.5, 0.6) is 0 Å². The van der Waals surface area contributed by atoms with Gasteiger partial charge in [0.05, 0.1) is 6.04 Å². The molecule has 0 amide bonds. The van der Waals surface area contributed by atoms with Gasteiger partial charge >= 0.3 is 6.18 Å². The van der Waals surface area contributed by atoms with Crippen LogP contribution in [-0.4, -0.2) is 19.8 Å². The van der Waals surface area contributed by atoms with E-state index in [0.717, 1.165) is 17.8 Å². The summed E-state index contributed by atoms with van der Waals surface area (Å²) in [5, 5.41) is 10.8. The molecule has 0 radical (unpaired) electrons. The molecule has 0 aliphatic rings. The quantitative estimate of drug-likeness (QED) is 0.921. The van der Waals surface area contributed by atoms with Crippen LogP contribution in [0.4, 0.5) is 13.2 Å². The van der Waals surface area contributed by atoms with Gasteiger partial charge in [-0.15, -0.1) is 10.2 Å². The molecule has 2 rings (SSSR count). The van der Waals surface area contributed by atoms with E-state index in [0.29, 0.717) is 15.9 Å². The predicted octanol–water partition coefficient (Wildman–Crippen LogP) is 2.00. The number of nitrogens with two attached hydrogens (primary N) is 1. The van der Waals surface area contributed by atoms with Gasteiger partial charge in [-0.05, 0) is 6.42 Å². The molecular formula is C8H10F3N5S. The van der Waals surface area contributed by atoms with Crippen LogP contribution in [0.25, 0.3) is 4.96 Å². The number of fused-ring (bicyclic) bond motifs is 1. The van der Waals surface area contributed by atoms with Crippen LogP contribution in [0, 0.1) is 0 Å². The van der Waals surface area contributed by atoms with Crippen molar-refractivity contribution in [2.24, 2.45) is 5.73 Å². The molecule has 0 bridgehead atoms. The Kier molecular flexibility index (Phi) is 3.04. The van der Waals surface area contributed by atoms with E-state index in [4.69, 9.17) is 5.73 Å². The van der Waals surface area contributed by atoms with Crippen molar-refractivity contribution in [1.82, 2.24) is 19.8 Å². The molecule has 0 fully saturated rings. The standard InChI is InChI=1S/C8H10F3N5S/c1-2-3-4(12)5-15-16-6(8(9,10)11)13-14-7(16)17-5/h4H,2-3,12H2,1H3. The largest absolute Gasteiger partial charge is 0.453 e. The Hall–Kier alpha value is -1.22. The highest BCUT2D eigenvalue weighted by Gasteiger charge is 2.38. The third-order valence-corrected chi connectivity index (χ3v) is 3.21. The maximum Gasteiger partial charge on any atom is 0.453 e. The topological polar surface area (TPSA) is 69.1 Å². The van der Waals surface area contributed by atoms with Crippen LogP contribution in [0.15, 0.2) is 0 Å². The Morgan fingerprint density at radius 1 is 1.41 bits per heavy atom. The fourth-order valence-electron chi connectivity index (χ4n) is 1.39. The Labute approximate surface area is 98.4 Å². The Morgan fingerprint density at radius 2 is 2.12 bits per heavy atom. The lowest BCUT2D eigenvalue weighted by Gasteiger charge is -2.04. The summed E-state index contributed by atoms with van der Waals surface area (Å²) in [6.07, 6.45) is -3.04. The minimum absolute atomic E-state index is 0.110. The van der Waals surface area contributed by atoms with Gasteiger partial charge in [0.2, 0.25) is 4.96 Å². The number of hydrogen-bond donors (Lipinski definition) is 1. The summed E-state index contributed by atoms with van der Waals surface area (Å²) in [6, 6.07) is -0.354. The van der Waals surface area contributed by atoms with Gasteiger partial charge in [-0.25, -0.2) is 0 Å². The monoisotopic (exact) mass is 265 g/mol. The normalized spacial score (nSPS) is 14.4. The molecule has 2 aromatic heterocycles. The molecule has 0 aliphatic carbocycles. The zero-order chi connectivity index (χ0) is 12.6. The molecule has 17 heavy (non-hydrogen) atoms. The second kappa shape index (κ2) is 4.22. The second-order valence-electron chi connectivity index (χ2n) is 3.55. The van der Waals surface area contributed by atoms with Crippen LogP contribution in [0.2, 0.25) is 0 Å². The third kappa shape index (κ3) is 2.25. The van der Waals surface area contributed by atoms with E-state index >= 15 is 0 Å². The summed E-state index contributed by atoms with van der Waals surface area (Å²) in [5.74, 6) is -1.11. The number of nitrogens with zero attached hydrogens (tertiary/aromatic N) is 4. The van der Waals surface area contributed by atoms with Gasteiger partial charge < -0.3 is 5.73 Å². The molecule has 0 saturated heterocycles. The van der Waals surface area contributed by atoms with Crippen molar-refractivity contribution in [1.29, 1.82) is 0 Å². The summed E-state index contributed by atoms with van der Waals surface area (Å²) >= 11 is 1.04. The van der Waals surface area contributed by atoms with Crippen molar-refractivity contribution in [3.63, 3.8) is 0 Å². The molecule has 2 aromatic rings. The number of alkyl halides is 3. The van der Waals surface area contributed by atoms with Crippen LogP contribution in [0.1, 0.15) is 36.6 Å². The van der Waals surface area contributed by atoms with E-state index in [2.05, 4.69) is 15.3 Å². The lowest BCUT2D eigenvalue weighted by Crippen LogP contribution is -2.13. The SMILES string of the molecule is CCCC(N)c1nn2c(C(F)(F)F)nnc2s1. The van der Waals surface area contributed by atoms with Crippen molar-refractivity contribution in [3.8, 4) is 0 Å². The first-order valence-corrected chi connectivity index (χ1v) is 5.80. The average Bonchev–Trinajstić information content (AvgIpc) is 2.73. The highest BCUT2D eigenvalue weighted by molar-refractivity contribution is 7.16. The van der Waals surface area contributed by atoms with Gasteiger partial charge in [0, 0.05) is 0 Å². The first kappa shape index (κ1) is 12.2. The highest BCUT2D eigenvalue weighted by Crippen LogP contribution is 2.30. The van der Waals surface area contributed by atoms with Gasteiger partial charge in [0.1, 0.15) is 5.01 Å². The van der Waals surface area contributed by atoms with Crippen LogP contribution in [-0.2, 0) is 6.18 Å². The molecular weight excluding hydrogens is 255 g/mol. The summed E-state index contributed by atoms with van der Waals surface area (Å²) in [4.78, 5) is 0.110. The van der Waals surface area contributed by atoms with Crippen molar-refractivity contribution < 1.29 is 13.2 Å². The van der Waals surface area contributed by atoms with Crippen molar-refractivity contribution in [2.75, 3.05) is 0 Å². The molecule has 2 heterocycles. The summed E-state index contributed by atoms with van der Waals surface area (Å²) < 4.78 is 38.3. The van der Waals surface area contributed by atoms with E-state index in [-0.39, 0.29) is 11.0 Å². The summed E-state index contributed by atoms with van der Waals surface area (Å²) in [5.41, 5.74) is 5.79. The van der Waals surface area contributed by atoms with Gasteiger partial charge in [-0.3, -0.25) is 0 Å². The average molecular weight is 265 g/mol. The van der Waals surface area contributed by atoms with Crippen LogP contribution >= 0.6 is 11.3 Å². The minimum atomic E-state index is -4.56. The van der Waals surface area contributed by atoms with Crippen LogP contribution in [0.3, 0.4) is 0 Å². The van der Waals surface area contributed by atoms with E-state index in [9.17, 15) is 13.2 Å². The minimum Gasteiger partial charge on any atom is -0.322 e. The molecule has 5 nitrogen and oxygen atoms in total. The van der Waals surface area contributed by atoms with Crippen molar-refractivity contribution >= 4 is 16.3 Å². The van der Waals surface area contributed by atoms with Gasteiger partial charge in [0.15, 0.2) is 0 Å². The first-order chi connectivity index (χ1) is 7.93. The number of aromatic nitrogens is 4. The highest BCUT2D eigenvalue weighted by atomic mass is 32.1. The Bertz CT molecular complexity index is 517. The molecule has 0 aromatic carbocycles. The Morgan fingerprint density at radius 3 is 2.71 bits per heavy atom. The second-order valence-corrected chi connectivity index (χ2v) is 4.54. The zero-order valence-electron chi connectivity index (χ0n) is 8.90. The van der Waals surface area contributed by atoms with E-state index < -0.39 is 12.0 Å². The zero-order valence-corrected chi connectivity index (χ0v) is 9.72. The molecule has 0 aliphatic heterocycles. The molecule has 1 unspecified atom stereocenters. The molecule has 0 saturated carbocycles. The molecule has 94 valence electrons. The van der Waals surface area contributed by atoms with E-state index in [1.807, 2.05) is 6.92 Å². The fraction of sp³-hybridized carbons (Fsp3) is 0.625. The maximum atomic E-state index is 12.5. The fourth-order valence-corrected chi connectivity index (χ4v) is 2.27.